The number of anilines is 1. The summed E-state index contributed by atoms with van der Waals surface area (Å²) in [5.74, 6) is -0.649. The minimum Gasteiger partial charge on any atom is -0.459 e. The number of hydrogen-bond acceptors (Lipinski definition) is 7. The van der Waals surface area contributed by atoms with Gasteiger partial charge in [-0.2, -0.15) is 0 Å². The molecule has 2 heterocycles. The number of piperidine rings is 1. The van der Waals surface area contributed by atoms with Gasteiger partial charge in [-0.1, -0.05) is 23.9 Å². The zero-order chi connectivity index (χ0) is 21.2. The largest absolute Gasteiger partial charge is 0.459 e. The molecule has 0 spiro atoms. The van der Waals surface area contributed by atoms with Crippen molar-refractivity contribution in [2.45, 2.75) is 50.9 Å². The molecule has 3 rings (SSSR count). The lowest BCUT2D eigenvalue weighted by Gasteiger charge is -2.28. The Balaban J connectivity index is 1.58. The molecule has 0 saturated carbocycles. The molecule has 1 aromatic carbocycles. The van der Waals surface area contributed by atoms with E-state index in [1.165, 1.54) is 0 Å². The van der Waals surface area contributed by atoms with E-state index in [4.69, 9.17) is 4.74 Å². The van der Waals surface area contributed by atoms with Gasteiger partial charge in [-0.05, 0) is 44.9 Å². The van der Waals surface area contributed by atoms with Crippen molar-refractivity contribution < 1.29 is 23.9 Å². The predicted molar refractivity (Wildman–Crippen MR) is 111 cm³/mol. The number of carbonyl (C=O) groups is 4. The Bertz CT molecular complexity index is 805. The maximum Gasteiger partial charge on any atom is 0.326 e. The number of thioether (sulfide) groups is 1. The quantitative estimate of drug-likeness (QED) is 0.680. The summed E-state index contributed by atoms with van der Waals surface area (Å²) in [6, 6.07) is 7.85. The monoisotopic (exact) mass is 418 g/mol. The van der Waals surface area contributed by atoms with Crippen LogP contribution in [0.2, 0.25) is 0 Å². The fraction of sp³-hybridized carbons (Fsp3) is 0.524. The van der Waals surface area contributed by atoms with Gasteiger partial charge in [0.1, 0.15) is 17.9 Å². The van der Waals surface area contributed by atoms with Crippen LogP contribution in [0.3, 0.4) is 0 Å². The number of hydrogen-bond donors (Lipinski definition) is 0. The molecular formula is C21H26N2O5S. The summed E-state index contributed by atoms with van der Waals surface area (Å²) in [4.78, 5) is 51.3. The highest BCUT2D eigenvalue weighted by Crippen LogP contribution is 2.30. The molecule has 1 unspecified atom stereocenters. The van der Waals surface area contributed by atoms with E-state index < -0.39 is 22.1 Å². The van der Waals surface area contributed by atoms with Crippen LogP contribution in [0.25, 0.3) is 0 Å². The maximum atomic E-state index is 12.6. The molecule has 2 amide bonds. The SMILES string of the molecule is CC(C)(C)OC(=O)CN1C(=O)SC(Cc2ccc(N3CCC(=O)CC3)cc2)C1=O. The highest BCUT2D eigenvalue weighted by atomic mass is 32.2. The second-order valence-electron chi connectivity index (χ2n) is 8.28. The van der Waals surface area contributed by atoms with Crippen LogP contribution in [0.5, 0.6) is 0 Å². The molecule has 2 fully saturated rings. The summed E-state index contributed by atoms with van der Waals surface area (Å²) in [6.45, 7) is 6.31. The third-order valence-corrected chi connectivity index (χ3v) is 5.83. The number of rotatable bonds is 5. The van der Waals surface area contributed by atoms with Crippen molar-refractivity contribution in [3.63, 3.8) is 0 Å². The topological polar surface area (TPSA) is 84.0 Å². The van der Waals surface area contributed by atoms with Crippen LogP contribution >= 0.6 is 11.8 Å². The van der Waals surface area contributed by atoms with Crippen molar-refractivity contribution in [3.05, 3.63) is 29.8 Å². The minimum absolute atomic E-state index is 0.301. The molecule has 2 aliphatic heterocycles. The second-order valence-corrected chi connectivity index (χ2v) is 9.43. The number of benzene rings is 1. The molecule has 2 saturated heterocycles. The molecule has 8 heteroatoms. The van der Waals surface area contributed by atoms with Crippen LogP contribution in [-0.4, -0.2) is 58.3 Å². The standard InChI is InChI=1S/C21H26N2O5S/c1-21(2,3)28-18(25)13-23-19(26)17(29-20(23)27)12-14-4-6-15(7-5-14)22-10-8-16(24)9-11-22/h4-7,17H,8-13H2,1-3H3. The molecule has 1 aromatic rings. The summed E-state index contributed by atoms with van der Waals surface area (Å²) in [6.07, 6.45) is 1.56. The van der Waals surface area contributed by atoms with Gasteiger partial charge in [0, 0.05) is 31.6 Å². The molecule has 0 aliphatic carbocycles. The number of nitrogens with zero attached hydrogens (tertiary/aromatic N) is 2. The number of carbonyl (C=O) groups excluding carboxylic acids is 4. The van der Waals surface area contributed by atoms with E-state index in [-0.39, 0.29) is 12.5 Å². The molecular weight excluding hydrogens is 392 g/mol. The summed E-state index contributed by atoms with van der Waals surface area (Å²) in [7, 11) is 0. The van der Waals surface area contributed by atoms with Crippen molar-refractivity contribution in [2.24, 2.45) is 0 Å². The highest BCUT2D eigenvalue weighted by molar-refractivity contribution is 8.15. The van der Waals surface area contributed by atoms with E-state index in [0.717, 1.165) is 41.0 Å². The average Bonchev–Trinajstić information content (AvgIpc) is 2.89. The van der Waals surface area contributed by atoms with E-state index in [2.05, 4.69) is 4.90 Å². The van der Waals surface area contributed by atoms with E-state index in [9.17, 15) is 19.2 Å². The van der Waals surface area contributed by atoms with E-state index in [1.807, 2.05) is 24.3 Å². The van der Waals surface area contributed by atoms with Crippen LogP contribution in [0, 0.1) is 0 Å². The number of amides is 2. The fourth-order valence-electron chi connectivity index (χ4n) is 3.35. The van der Waals surface area contributed by atoms with Gasteiger partial charge in [0.05, 0.1) is 5.25 Å². The lowest BCUT2D eigenvalue weighted by Crippen LogP contribution is -2.39. The maximum absolute atomic E-state index is 12.6. The summed E-state index contributed by atoms with van der Waals surface area (Å²) in [5, 5.41) is -0.955. The van der Waals surface area contributed by atoms with Gasteiger partial charge in [-0.3, -0.25) is 24.1 Å². The first kappa shape index (κ1) is 21.4. The summed E-state index contributed by atoms with van der Waals surface area (Å²) >= 11 is 0.951. The minimum atomic E-state index is -0.668. The third kappa shape index (κ3) is 5.59. The predicted octanol–water partition coefficient (Wildman–Crippen LogP) is 2.80. The third-order valence-electron chi connectivity index (χ3n) is 4.76. The molecule has 0 bridgehead atoms. The Labute approximate surface area is 174 Å². The highest BCUT2D eigenvalue weighted by Gasteiger charge is 2.41. The first-order chi connectivity index (χ1) is 13.6. The van der Waals surface area contributed by atoms with Crippen molar-refractivity contribution in [1.29, 1.82) is 0 Å². The van der Waals surface area contributed by atoms with Crippen LogP contribution in [0.15, 0.2) is 24.3 Å². The lowest BCUT2D eigenvalue weighted by molar-refractivity contribution is -0.157. The van der Waals surface area contributed by atoms with Gasteiger partial charge < -0.3 is 9.64 Å². The first-order valence-electron chi connectivity index (χ1n) is 9.72. The normalized spacial score (nSPS) is 20.4. The van der Waals surface area contributed by atoms with Gasteiger partial charge in [-0.25, -0.2) is 0 Å². The summed E-state index contributed by atoms with van der Waals surface area (Å²) < 4.78 is 5.21. The van der Waals surface area contributed by atoms with Crippen molar-refractivity contribution in [2.75, 3.05) is 24.5 Å². The molecule has 29 heavy (non-hydrogen) atoms. The Morgan fingerprint density at radius 1 is 1.10 bits per heavy atom. The van der Waals surface area contributed by atoms with E-state index >= 15 is 0 Å². The molecule has 156 valence electrons. The molecule has 7 nitrogen and oxygen atoms in total. The zero-order valence-corrected chi connectivity index (χ0v) is 17.8. The smallest absolute Gasteiger partial charge is 0.326 e. The van der Waals surface area contributed by atoms with Crippen molar-refractivity contribution in [3.8, 4) is 0 Å². The number of esters is 1. The Morgan fingerprint density at radius 3 is 2.31 bits per heavy atom. The first-order valence-corrected chi connectivity index (χ1v) is 10.6. The molecule has 0 N–H and O–H groups in total. The molecule has 0 aromatic heterocycles. The van der Waals surface area contributed by atoms with Crippen LogP contribution in [0.1, 0.15) is 39.2 Å². The van der Waals surface area contributed by atoms with Gasteiger partial charge in [0.2, 0.25) is 5.91 Å². The molecule has 2 aliphatic rings. The molecule has 1 atom stereocenters. The second kappa shape index (κ2) is 8.57. The zero-order valence-electron chi connectivity index (χ0n) is 17.0. The Kier molecular flexibility index (Phi) is 6.31. The number of ether oxygens (including phenoxy) is 1. The lowest BCUT2D eigenvalue weighted by atomic mass is 10.1. The average molecular weight is 419 g/mol. The van der Waals surface area contributed by atoms with E-state index in [1.54, 1.807) is 20.8 Å². The number of imide groups is 1. The number of ketones is 1. The van der Waals surface area contributed by atoms with Crippen LogP contribution in [-0.2, 0) is 25.5 Å². The van der Waals surface area contributed by atoms with Crippen LogP contribution < -0.4 is 4.90 Å². The molecule has 0 radical (unpaired) electrons. The van der Waals surface area contributed by atoms with Gasteiger partial charge >= 0.3 is 5.97 Å². The van der Waals surface area contributed by atoms with Crippen molar-refractivity contribution >= 4 is 40.3 Å². The van der Waals surface area contributed by atoms with Crippen LogP contribution in [0.4, 0.5) is 10.5 Å². The Morgan fingerprint density at radius 2 is 1.72 bits per heavy atom. The van der Waals surface area contributed by atoms with Crippen molar-refractivity contribution in [1.82, 2.24) is 4.90 Å². The Hall–Kier alpha value is -2.35. The fourth-order valence-corrected chi connectivity index (χ4v) is 4.37. The van der Waals surface area contributed by atoms with Gasteiger partial charge in [-0.15, -0.1) is 0 Å². The number of Topliss-reactive ketones (excluding diaryl/α,β-unsaturated/α-hetero) is 1. The van der Waals surface area contributed by atoms with E-state index in [0.29, 0.717) is 25.0 Å². The van der Waals surface area contributed by atoms with Gasteiger partial charge in [0.25, 0.3) is 5.24 Å². The summed E-state index contributed by atoms with van der Waals surface area (Å²) in [5.41, 5.74) is 1.33. The van der Waals surface area contributed by atoms with Gasteiger partial charge in [0.15, 0.2) is 0 Å².